The molecule has 0 aromatic heterocycles. The number of halogens is 5. The lowest BCUT2D eigenvalue weighted by Gasteiger charge is -2.15. The minimum Gasteiger partial charge on any atom is -0.328 e. The lowest BCUT2D eigenvalue weighted by atomic mass is 10.2. The van der Waals surface area contributed by atoms with E-state index in [1.165, 1.54) is 0 Å². The number of alkyl halides is 3. The van der Waals surface area contributed by atoms with Gasteiger partial charge in [-0.2, -0.15) is 13.2 Å². The SMILES string of the molecule is CC(N)CCNS(=O)(=O)c1c(Cl)cccc1C(F)(F)F.Cl. The fraction of sp³-hybridized carbons (Fsp3) is 0.455. The molecular formula is C11H15Cl2F3N2O2S. The smallest absolute Gasteiger partial charge is 0.328 e. The van der Waals surface area contributed by atoms with E-state index in [1.807, 2.05) is 0 Å². The first kappa shape index (κ1) is 20.5. The molecule has 0 aliphatic heterocycles. The highest BCUT2D eigenvalue weighted by molar-refractivity contribution is 7.89. The quantitative estimate of drug-likeness (QED) is 0.841. The van der Waals surface area contributed by atoms with Crippen LogP contribution in [0.3, 0.4) is 0 Å². The van der Waals surface area contributed by atoms with Gasteiger partial charge >= 0.3 is 6.18 Å². The van der Waals surface area contributed by atoms with Gasteiger partial charge in [-0.3, -0.25) is 0 Å². The monoisotopic (exact) mass is 366 g/mol. The van der Waals surface area contributed by atoms with Crippen LogP contribution in [0, 0.1) is 0 Å². The molecule has 1 atom stereocenters. The molecule has 0 aliphatic rings. The molecule has 10 heteroatoms. The van der Waals surface area contributed by atoms with E-state index in [0.717, 1.165) is 12.1 Å². The van der Waals surface area contributed by atoms with Crippen LogP contribution in [0.2, 0.25) is 5.02 Å². The van der Waals surface area contributed by atoms with Crippen LogP contribution in [-0.4, -0.2) is 21.0 Å². The van der Waals surface area contributed by atoms with Crippen LogP contribution in [0.25, 0.3) is 0 Å². The van der Waals surface area contributed by atoms with Gasteiger partial charge in [-0.05, 0) is 25.5 Å². The van der Waals surface area contributed by atoms with Gasteiger partial charge in [0, 0.05) is 12.6 Å². The Morgan fingerprint density at radius 1 is 1.38 bits per heavy atom. The first-order valence-electron chi connectivity index (χ1n) is 5.66. The largest absolute Gasteiger partial charge is 0.417 e. The molecule has 0 radical (unpaired) electrons. The average Bonchev–Trinajstić information content (AvgIpc) is 2.26. The molecule has 0 aliphatic carbocycles. The number of benzene rings is 1. The number of nitrogens with one attached hydrogen (secondary N) is 1. The molecule has 0 fully saturated rings. The maximum Gasteiger partial charge on any atom is 0.417 e. The van der Waals surface area contributed by atoms with Crippen molar-refractivity contribution in [2.75, 3.05) is 6.54 Å². The van der Waals surface area contributed by atoms with Crippen LogP contribution in [-0.2, 0) is 16.2 Å². The third kappa shape index (κ3) is 5.63. The zero-order valence-electron chi connectivity index (χ0n) is 10.9. The van der Waals surface area contributed by atoms with Gasteiger partial charge in [0.25, 0.3) is 0 Å². The molecule has 0 amide bonds. The first-order chi connectivity index (χ1) is 9.05. The normalized spacial score (nSPS) is 13.6. The standard InChI is InChI=1S/C11H14ClF3N2O2S.ClH/c1-7(16)5-6-17-20(18,19)10-8(11(13,14)15)3-2-4-9(10)12;/h2-4,7,17H,5-6,16H2,1H3;1H. The first-order valence-corrected chi connectivity index (χ1v) is 7.53. The number of hydrogen-bond donors (Lipinski definition) is 2. The lowest BCUT2D eigenvalue weighted by Crippen LogP contribution is -2.30. The van der Waals surface area contributed by atoms with E-state index in [0.29, 0.717) is 12.5 Å². The zero-order valence-corrected chi connectivity index (χ0v) is 13.3. The minimum absolute atomic E-state index is 0. The van der Waals surface area contributed by atoms with Crippen LogP contribution in [0.15, 0.2) is 23.1 Å². The molecule has 1 unspecified atom stereocenters. The molecule has 3 N–H and O–H groups in total. The summed E-state index contributed by atoms with van der Waals surface area (Å²) in [4.78, 5) is -0.959. The third-order valence-corrected chi connectivity index (χ3v) is 4.42. The molecular weight excluding hydrogens is 352 g/mol. The van der Waals surface area contributed by atoms with Crippen molar-refractivity contribution >= 4 is 34.0 Å². The third-order valence-electron chi connectivity index (χ3n) is 2.43. The summed E-state index contributed by atoms with van der Waals surface area (Å²) < 4.78 is 64.5. The van der Waals surface area contributed by atoms with E-state index in [-0.39, 0.29) is 25.0 Å². The summed E-state index contributed by atoms with van der Waals surface area (Å²) >= 11 is 5.62. The van der Waals surface area contributed by atoms with E-state index >= 15 is 0 Å². The molecule has 1 aromatic carbocycles. The highest BCUT2D eigenvalue weighted by Gasteiger charge is 2.38. The van der Waals surface area contributed by atoms with Crippen LogP contribution in [0.4, 0.5) is 13.2 Å². The summed E-state index contributed by atoms with van der Waals surface area (Å²) in [6, 6.07) is 2.54. The highest BCUT2D eigenvalue weighted by atomic mass is 35.5. The van der Waals surface area contributed by atoms with Crippen molar-refractivity contribution in [2.24, 2.45) is 5.73 Å². The molecule has 0 saturated heterocycles. The predicted octanol–water partition coefficient (Wildman–Crippen LogP) is 2.80. The van der Waals surface area contributed by atoms with Crippen LogP contribution < -0.4 is 10.5 Å². The molecule has 0 bridgehead atoms. The predicted molar refractivity (Wildman–Crippen MR) is 77.2 cm³/mol. The van der Waals surface area contributed by atoms with Gasteiger partial charge in [0.05, 0.1) is 10.6 Å². The zero-order chi connectivity index (χ0) is 15.6. The Labute approximate surface area is 132 Å². The fourth-order valence-electron chi connectivity index (χ4n) is 1.50. The topological polar surface area (TPSA) is 72.2 Å². The second-order valence-corrected chi connectivity index (χ2v) is 6.39. The Bertz CT molecular complexity index is 577. The maximum atomic E-state index is 12.8. The van der Waals surface area contributed by atoms with Crippen molar-refractivity contribution in [2.45, 2.75) is 30.5 Å². The Morgan fingerprint density at radius 2 is 1.95 bits per heavy atom. The number of nitrogens with two attached hydrogens (primary N) is 1. The molecule has 4 nitrogen and oxygen atoms in total. The van der Waals surface area contributed by atoms with Gasteiger partial charge < -0.3 is 5.73 Å². The van der Waals surface area contributed by atoms with Gasteiger partial charge in [0.1, 0.15) is 4.90 Å². The summed E-state index contributed by atoms with van der Waals surface area (Å²) in [6.45, 7) is 1.59. The van der Waals surface area contributed by atoms with Crippen molar-refractivity contribution in [3.8, 4) is 0 Å². The van der Waals surface area contributed by atoms with Crippen molar-refractivity contribution in [3.05, 3.63) is 28.8 Å². The molecule has 1 aromatic rings. The van der Waals surface area contributed by atoms with Gasteiger partial charge in [0.15, 0.2) is 0 Å². The summed E-state index contributed by atoms with van der Waals surface area (Å²) in [6.07, 6.45) is -4.51. The van der Waals surface area contributed by atoms with Crippen LogP contribution in [0.5, 0.6) is 0 Å². The van der Waals surface area contributed by atoms with Crippen molar-refractivity contribution in [3.63, 3.8) is 0 Å². The summed E-state index contributed by atoms with van der Waals surface area (Å²) in [7, 11) is -4.36. The second-order valence-electron chi connectivity index (χ2n) is 4.28. The number of rotatable bonds is 5. The van der Waals surface area contributed by atoms with Gasteiger partial charge in [-0.25, -0.2) is 13.1 Å². The fourth-order valence-corrected chi connectivity index (χ4v) is 3.31. The maximum absolute atomic E-state index is 12.8. The Kier molecular flexibility index (Phi) is 7.44. The van der Waals surface area contributed by atoms with E-state index < -0.39 is 31.7 Å². The lowest BCUT2D eigenvalue weighted by molar-refractivity contribution is -0.139. The molecule has 0 heterocycles. The van der Waals surface area contributed by atoms with Crippen molar-refractivity contribution in [1.82, 2.24) is 4.72 Å². The van der Waals surface area contributed by atoms with Gasteiger partial charge in [-0.15, -0.1) is 12.4 Å². The number of hydrogen-bond acceptors (Lipinski definition) is 3. The molecule has 21 heavy (non-hydrogen) atoms. The van der Waals surface area contributed by atoms with E-state index in [2.05, 4.69) is 4.72 Å². The Balaban J connectivity index is 0.00000400. The Morgan fingerprint density at radius 3 is 2.43 bits per heavy atom. The molecule has 0 spiro atoms. The summed E-state index contributed by atoms with van der Waals surface area (Å²) in [5.41, 5.74) is 4.16. The molecule has 0 saturated carbocycles. The Hall–Kier alpha value is -0.540. The average molecular weight is 367 g/mol. The van der Waals surface area contributed by atoms with Gasteiger partial charge in [0.2, 0.25) is 10.0 Å². The number of sulfonamides is 1. The van der Waals surface area contributed by atoms with Crippen LogP contribution in [0.1, 0.15) is 18.9 Å². The van der Waals surface area contributed by atoms with E-state index in [4.69, 9.17) is 17.3 Å². The summed E-state index contributed by atoms with van der Waals surface area (Å²) in [5.74, 6) is 0. The van der Waals surface area contributed by atoms with E-state index in [1.54, 1.807) is 6.92 Å². The van der Waals surface area contributed by atoms with Crippen molar-refractivity contribution in [1.29, 1.82) is 0 Å². The minimum atomic E-state index is -4.81. The molecule has 1 rings (SSSR count). The second kappa shape index (κ2) is 7.64. The van der Waals surface area contributed by atoms with E-state index in [9.17, 15) is 21.6 Å². The highest BCUT2D eigenvalue weighted by Crippen LogP contribution is 2.37. The summed E-state index contributed by atoms with van der Waals surface area (Å²) in [5, 5.41) is -0.479. The van der Waals surface area contributed by atoms with Crippen molar-refractivity contribution < 1.29 is 21.6 Å². The van der Waals surface area contributed by atoms with Gasteiger partial charge in [-0.1, -0.05) is 17.7 Å². The van der Waals surface area contributed by atoms with Crippen LogP contribution >= 0.6 is 24.0 Å². The molecule has 122 valence electrons.